The van der Waals surface area contributed by atoms with E-state index >= 15 is 0 Å². The predicted molar refractivity (Wildman–Crippen MR) is 88.4 cm³/mol. The molecule has 0 aliphatic carbocycles. The van der Waals surface area contributed by atoms with Crippen LogP contribution in [0.5, 0.6) is 11.8 Å². The molecule has 0 amide bonds. The first-order valence-corrected chi connectivity index (χ1v) is 7.05. The molecule has 0 radical (unpaired) electrons. The normalized spacial score (nSPS) is 9.84. The van der Waals surface area contributed by atoms with Crippen LogP contribution in [-0.4, -0.2) is 15.0 Å². The third-order valence-electron chi connectivity index (χ3n) is 3.36. The largest absolute Gasteiger partial charge is 0.424 e. The minimum absolute atomic E-state index is 0.0382. The summed E-state index contributed by atoms with van der Waals surface area (Å²) >= 11 is 0. The highest BCUT2D eigenvalue weighted by Gasteiger charge is 2.18. The Morgan fingerprint density at radius 2 is 1.68 bits per heavy atom. The molecule has 1 aromatic carbocycles. The lowest BCUT2D eigenvalue weighted by atomic mass is 9.97. The van der Waals surface area contributed by atoms with E-state index < -0.39 is 5.56 Å². The van der Waals surface area contributed by atoms with E-state index in [1.165, 1.54) is 0 Å². The second kappa shape index (κ2) is 6.52. The van der Waals surface area contributed by atoms with Gasteiger partial charge >= 0.3 is 6.01 Å². The highest BCUT2D eigenvalue weighted by atomic mass is 16.5. The molecular weight excluding hydrogens is 320 g/mol. The molecular formula is C17H10N6O2. The molecule has 3 N–H and O–H groups in total. The van der Waals surface area contributed by atoms with Crippen LogP contribution in [0.15, 0.2) is 47.5 Å². The number of benzene rings is 1. The number of nitrogens with one attached hydrogen (secondary N) is 1. The molecule has 8 nitrogen and oxygen atoms in total. The summed E-state index contributed by atoms with van der Waals surface area (Å²) in [6, 6.07) is 12.1. The fourth-order valence-electron chi connectivity index (χ4n) is 2.27. The molecule has 0 saturated carbocycles. The topological polar surface area (TPSA) is 141 Å². The standard InChI is InChI=1S/C17H10N6O2/c18-8-12-14(13(9-19)16(24)23-15(12)20)10-2-4-11(5-3-10)25-17-21-6-1-7-22-17/h1-7H,(H3,20,23,24). The second-order valence-electron chi connectivity index (χ2n) is 4.87. The van der Waals surface area contributed by atoms with Gasteiger partial charge < -0.3 is 15.5 Å². The molecule has 0 aliphatic rings. The third kappa shape index (κ3) is 3.00. The van der Waals surface area contributed by atoms with Gasteiger partial charge in [0.15, 0.2) is 0 Å². The molecule has 0 saturated heterocycles. The van der Waals surface area contributed by atoms with Crippen molar-refractivity contribution >= 4 is 5.82 Å². The summed E-state index contributed by atoms with van der Waals surface area (Å²) in [5, 5.41) is 18.6. The number of hydrogen-bond donors (Lipinski definition) is 2. The van der Waals surface area contributed by atoms with Crippen LogP contribution in [0.1, 0.15) is 11.1 Å². The number of aromatic nitrogens is 3. The molecule has 3 aromatic rings. The Kier molecular flexibility index (Phi) is 4.10. The highest BCUT2D eigenvalue weighted by Crippen LogP contribution is 2.30. The number of aromatic amines is 1. The number of anilines is 1. The van der Waals surface area contributed by atoms with E-state index in [4.69, 9.17) is 10.5 Å². The smallest absolute Gasteiger partial charge is 0.321 e. The number of nitrogen functional groups attached to an aromatic ring is 1. The summed E-state index contributed by atoms with van der Waals surface area (Å²) in [4.78, 5) is 22.1. The van der Waals surface area contributed by atoms with Crippen molar-refractivity contribution in [1.29, 1.82) is 10.5 Å². The molecule has 0 aliphatic heterocycles. The number of pyridine rings is 1. The molecule has 0 fully saturated rings. The Labute approximate surface area is 141 Å². The van der Waals surface area contributed by atoms with Crippen LogP contribution in [0.2, 0.25) is 0 Å². The highest BCUT2D eigenvalue weighted by molar-refractivity contribution is 5.80. The van der Waals surface area contributed by atoms with Crippen LogP contribution in [0.25, 0.3) is 11.1 Å². The summed E-state index contributed by atoms with van der Waals surface area (Å²) in [6.07, 6.45) is 3.10. The van der Waals surface area contributed by atoms with E-state index in [0.29, 0.717) is 11.3 Å². The minimum atomic E-state index is -0.646. The molecule has 0 bridgehead atoms. The summed E-state index contributed by atoms with van der Waals surface area (Å²) < 4.78 is 5.48. The monoisotopic (exact) mass is 330 g/mol. The molecule has 8 heteroatoms. The Balaban J connectivity index is 2.05. The van der Waals surface area contributed by atoms with Crippen molar-refractivity contribution in [2.45, 2.75) is 0 Å². The molecule has 0 atom stereocenters. The van der Waals surface area contributed by atoms with Crippen LogP contribution in [0, 0.1) is 22.7 Å². The summed E-state index contributed by atoms with van der Waals surface area (Å²) in [6.45, 7) is 0. The average Bonchev–Trinajstić information content (AvgIpc) is 2.63. The summed E-state index contributed by atoms with van der Waals surface area (Å²) in [5.74, 6) is 0.379. The van der Waals surface area contributed by atoms with Gasteiger partial charge in [-0.05, 0) is 23.8 Å². The van der Waals surface area contributed by atoms with E-state index in [-0.39, 0.29) is 28.5 Å². The zero-order chi connectivity index (χ0) is 17.8. The van der Waals surface area contributed by atoms with E-state index in [2.05, 4.69) is 15.0 Å². The SMILES string of the molecule is N#Cc1c(N)[nH]c(=O)c(C#N)c1-c1ccc(Oc2ncccn2)cc1. The predicted octanol–water partition coefficient (Wildman–Crippen LogP) is 1.95. The quantitative estimate of drug-likeness (QED) is 0.747. The van der Waals surface area contributed by atoms with Gasteiger partial charge in [-0.1, -0.05) is 12.1 Å². The second-order valence-corrected chi connectivity index (χ2v) is 4.87. The van der Waals surface area contributed by atoms with Crippen molar-refractivity contribution in [3.8, 4) is 35.0 Å². The van der Waals surface area contributed by atoms with Crippen molar-refractivity contribution in [1.82, 2.24) is 15.0 Å². The number of ether oxygens (including phenoxy) is 1. The van der Waals surface area contributed by atoms with Gasteiger partial charge in [0, 0.05) is 18.0 Å². The number of nitrogens with zero attached hydrogens (tertiary/aromatic N) is 4. The van der Waals surface area contributed by atoms with Gasteiger partial charge in [0.1, 0.15) is 34.8 Å². The van der Waals surface area contributed by atoms with Crippen LogP contribution < -0.4 is 16.0 Å². The van der Waals surface area contributed by atoms with Crippen LogP contribution in [-0.2, 0) is 0 Å². The number of H-pyrrole nitrogens is 1. The Morgan fingerprint density at radius 3 is 2.28 bits per heavy atom. The fourth-order valence-corrected chi connectivity index (χ4v) is 2.27. The number of rotatable bonds is 3. The zero-order valence-corrected chi connectivity index (χ0v) is 12.7. The first-order chi connectivity index (χ1) is 12.1. The molecule has 25 heavy (non-hydrogen) atoms. The van der Waals surface area contributed by atoms with E-state index in [1.807, 2.05) is 12.1 Å². The van der Waals surface area contributed by atoms with Crippen molar-refractivity contribution in [3.63, 3.8) is 0 Å². The average molecular weight is 330 g/mol. The lowest BCUT2D eigenvalue weighted by Gasteiger charge is -2.09. The van der Waals surface area contributed by atoms with Crippen molar-refractivity contribution in [3.05, 3.63) is 64.2 Å². The lowest BCUT2D eigenvalue weighted by molar-refractivity contribution is 0.442. The van der Waals surface area contributed by atoms with Gasteiger partial charge in [-0.2, -0.15) is 10.5 Å². The Morgan fingerprint density at radius 1 is 1.04 bits per heavy atom. The van der Waals surface area contributed by atoms with Gasteiger partial charge in [0.05, 0.1) is 0 Å². The maximum absolute atomic E-state index is 11.9. The zero-order valence-electron chi connectivity index (χ0n) is 12.7. The Bertz CT molecular complexity index is 1060. The van der Waals surface area contributed by atoms with E-state index in [0.717, 1.165) is 0 Å². The lowest BCUT2D eigenvalue weighted by Crippen LogP contribution is -2.16. The summed E-state index contributed by atoms with van der Waals surface area (Å²) in [5.41, 5.74) is 5.60. The van der Waals surface area contributed by atoms with Crippen LogP contribution in [0.4, 0.5) is 5.82 Å². The maximum Gasteiger partial charge on any atom is 0.321 e. The van der Waals surface area contributed by atoms with Crippen LogP contribution in [0.3, 0.4) is 0 Å². The van der Waals surface area contributed by atoms with Crippen molar-refractivity contribution in [2.75, 3.05) is 5.73 Å². The number of hydrogen-bond acceptors (Lipinski definition) is 7. The number of nitriles is 2. The van der Waals surface area contributed by atoms with E-state index in [1.54, 1.807) is 42.7 Å². The number of nitrogens with two attached hydrogens (primary N) is 1. The van der Waals surface area contributed by atoms with Crippen molar-refractivity contribution in [2.24, 2.45) is 0 Å². The van der Waals surface area contributed by atoms with Gasteiger partial charge in [0.2, 0.25) is 0 Å². The molecule has 0 spiro atoms. The third-order valence-corrected chi connectivity index (χ3v) is 3.36. The van der Waals surface area contributed by atoms with Gasteiger partial charge in [-0.25, -0.2) is 9.97 Å². The fraction of sp³-hybridized carbons (Fsp3) is 0. The molecule has 120 valence electrons. The first kappa shape index (κ1) is 15.7. The maximum atomic E-state index is 11.9. The molecule has 0 unspecified atom stereocenters. The molecule has 3 rings (SSSR count). The minimum Gasteiger partial charge on any atom is -0.424 e. The summed E-state index contributed by atoms with van der Waals surface area (Å²) in [7, 11) is 0. The van der Waals surface area contributed by atoms with Gasteiger partial charge in [0.25, 0.3) is 5.56 Å². The molecule has 2 heterocycles. The van der Waals surface area contributed by atoms with Crippen LogP contribution >= 0.6 is 0 Å². The first-order valence-electron chi connectivity index (χ1n) is 7.05. The van der Waals surface area contributed by atoms with Gasteiger partial charge in [-0.3, -0.25) is 4.79 Å². The van der Waals surface area contributed by atoms with Crippen molar-refractivity contribution < 1.29 is 4.74 Å². The Hall–Kier alpha value is -4.17. The van der Waals surface area contributed by atoms with Gasteiger partial charge in [-0.15, -0.1) is 0 Å². The van der Waals surface area contributed by atoms with E-state index in [9.17, 15) is 15.3 Å². The molecule has 2 aromatic heterocycles.